The van der Waals surface area contributed by atoms with Crippen LogP contribution < -0.4 is 10.1 Å². The van der Waals surface area contributed by atoms with Crippen LogP contribution >= 0.6 is 0 Å². The van der Waals surface area contributed by atoms with Crippen molar-refractivity contribution < 1.29 is 23.8 Å². The summed E-state index contributed by atoms with van der Waals surface area (Å²) in [5.74, 6) is -0.291. The fourth-order valence-electron chi connectivity index (χ4n) is 3.39. The highest BCUT2D eigenvalue weighted by molar-refractivity contribution is 6.03. The average molecular weight is 405 g/mol. The van der Waals surface area contributed by atoms with E-state index < -0.39 is 11.9 Å². The Labute approximate surface area is 174 Å². The Morgan fingerprint density at radius 2 is 1.80 bits per heavy atom. The normalized spacial score (nSPS) is 15.7. The van der Waals surface area contributed by atoms with Gasteiger partial charge in [0.2, 0.25) is 0 Å². The van der Waals surface area contributed by atoms with Gasteiger partial charge in [0.05, 0.1) is 11.7 Å². The number of amides is 1. The maximum absolute atomic E-state index is 12.2. The van der Waals surface area contributed by atoms with Gasteiger partial charge in [-0.15, -0.1) is 0 Å². The first-order valence-corrected chi connectivity index (χ1v) is 9.98. The van der Waals surface area contributed by atoms with Crippen molar-refractivity contribution >= 4 is 28.3 Å². The molecule has 1 aliphatic rings. The van der Waals surface area contributed by atoms with E-state index in [4.69, 9.17) is 14.2 Å². The van der Waals surface area contributed by atoms with Crippen molar-refractivity contribution in [2.24, 2.45) is 0 Å². The van der Waals surface area contributed by atoms with Gasteiger partial charge in [-0.1, -0.05) is 36.4 Å². The van der Waals surface area contributed by atoms with Gasteiger partial charge in [-0.25, -0.2) is 4.79 Å². The summed E-state index contributed by atoms with van der Waals surface area (Å²) < 4.78 is 16.3. The Morgan fingerprint density at radius 3 is 2.60 bits per heavy atom. The van der Waals surface area contributed by atoms with Crippen LogP contribution in [-0.4, -0.2) is 37.8 Å². The number of carbonyl (C=O) groups excluding carboxylic acids is 2. The van der Waals surface area contributed by atoms with Crippen LogP contribution in [0.1, 0.15) is 23.2 Å². The summed E-state index contributed by atoms with van der Waals surface area (Å²) in [6.45, 7) is 0.921. The monoisotopic (exact) mass is 405 g/mol. The van der Waals surface area contributed by atoms with Crippen molar-refractivity contribution in [3.05, 3.63) is 72.3 Å². The predicted octanol–water partition coefficient (Wildman–Crippen LogP) is 4.19. The molecule has 1 heterocycles. The van der Waals surface area contributed by atoms with E-state index >= 15 is 0 Å². The first-order valence-electron chi connectivity index (χ1n) is 9.98. The third-order valence-electron chi connectivity index (χ3n) is 4.95. The molecule has 1 atom stereocenters. The number of nitrogens with one attached hydrogen (secondary N) is 1. The van der Waals surface area contributed by atoms with Crippen LogP contribution in [0.5, 0.6) is 5.75 Å². The molecule has 4 rings (SSSR count). The van der Waals surface area contributed by atoms with Gasteiger partial charge < -0.3 is 19.5 Å². The second-order valence-corrected chi connectivity index (χ2v) is 7.12. The molecule has 1 amide bonds. The first-order chi connectivity index (χ1) is 14.7. The number of fused-ring (bicyclic) bond motifs is 1. The molecule has 154 valence electrons. The number of esters is 1. The summed E-state index contributed by atoms with van der Waals surface area (Å²) in [5, 5.41) is 4.75. The van der Waals surface area contributed by atoms with Crippen LogP contribution in [0.2, 0.25) is 0 Å². The quantitative estimate of drug-likeness (QED) is 0.597. The van der Waals surface area contributed by atoms with Gasteiger partial charge in [-0.3, -0.25) is 4.79 Å². The minimum absolute atomic E-state index is 0.134. The molecule has 0 bridgehead atoms. The van der Waals surface area contributed by atoms with Crippen molar-refractivity contribution in [3.63, 3.8) is 0 Å². The molecule has 1 unspecified atom stereocenters. The Morgan fingerprint density at radius 1 is 1.00 bits per heavy atom. The SMILES string of the molecule is O=C(COC(=O)c1ccc(OCC2CCCO2)cc1)Nc1cccc2ccccc12. The number of hydrogen-bond acceptors (Lipinski definition) is 5. The van der Waals surface area contributed by atoms with Crippen LogP contribution in [0, 0.1) is 0 Å². The van der Waals surface area contributed by atoms with Gasteiger partial charge in [0.1, 0.15) is 12.4 Å². The Bertz CT molecular complexity index is 1020. The summed E-state index contributed by atoms with van der Waals surface area (Å²) in [6.07, 6.45) is 2.20. The van der Waals surface area contributed by atoms with Crippen molar-refractivity contribution in [1.29, 1.82) is 0 Å². The second-order valence-electron chi connectivity index (χ2n) is 7.12. The molecule has 1 N–H and O–H groups in total. The second kappa shape index (κ2) is 9.41. The van der Waals surface area contributed by atoms with E-state index in [1.165, 1.54) is 0 Å². The minimum atomic E-state index is -0.561. The molecule has 1 saturated heterocycles. The largest absolute Gasteiger partial charge is 0.491 e. The number of ether oxygens (including phenoxy) is 3. The van der Waals surface area contributed by atoms with Gasteiger partial charge in [0.15, 0.2) is 6.61 Å². The maximum Gasteiger partial charge on any atom is 0.338 e. The van der Waals surface area contributed by atoms with Crippen LogP contribution in [0.3, 0.4) is 0 Å². The number of benzene rings is 3. The smallest absolute Gasteiger partial charge is 0.338 e. The highest BCUT2D eigenvalue weighted by atomic mass is 16.5. The number of carbonyl (C=O) groups is 2. The molecule has 6 heteroatoms. The van der Waals surface area contributed by atoms with Crippen LogP contribution in [0.25, 0.3) is 10.8 Å². The molecule has 0 saturated carbocycles. The number of rotatable bonds is 7. The highest BCUT2D eigenvalue weighted by Gasteiger charge is 2.16. The molecule has 3 aromatic rings. The van der Waals surface area contributed by atoms with Gasteiger partial charge in [-0.2, -0.15) is 0 Å². The van der Waals surface area contributed by atoms with Crippen molar-refractivity contribution in [1.82, 2.24) is 0 Å². The molecule has 6 nitrogen and oxygen atoms in total. The standard InChI is InChI=1S/C24H23NO5/c26-23(25-22-9-3-6-17-5-1-2-8-21(17)22)16-30-24(27)18-10-12-19(13-11-18)29-15-20-7-4-14-28-20/h1-3,5-6,8-13,20H,4,7,14-16H2,(H,25,26). The van der Waals surface area contributed by atoms with E-state index in [0.29, 0.717) is 23.6 Å². The third-order valence-corrected chi connectivity index (χ3v) is 4.95. The van der Waals surface area contributed by atoms with Gasteiger partial charge in [-0.05, 0) is 48.6 Å². The molecular formula is C24H23NO5. The summed E-state index contributed by atoms with van der Waals surface area (Å²) in [7, 11) is 0. The third kappa shape index (κ3) is 4.96. The fourth-order valence-corrected chi connectivity index (χ4v) is 3.39. The van der Waals surface area contributed by atoms with E-state index in [-0.39, 0.29) is 12.7 Å². The van der Waals surface area contributed by atoms with Gasteiger partial charge in [0.25, 0.3) is 5.91 Å². The van der Waals surface area contributed by atoms with Crippen molar-refractivity contribution in [2.45, 2.75) is 18.9 Å². The fraction of sp³-hybridized carbons (Fsp3) is 0.250. The zero-order chi connectivity index (χ0) is 20.8. The maximum atomic E-state index is 12.2. The molecule has 30 heavy (non-hydrogen) atoms. The average Bonchev–Trinajstić information content (AvgIpc) is 3.30. The lowest BCUT2D eigenvalue weighted by Gasteiger charge is -2.12. The van der Waals surface area contributed by atoms with Crippen LogP contribution in [0.4, 0.5) is 5.69 Å². The molecule has 3 aromatic carbocycles. The van der Waals surface area contributed by atoms with E-state index in [2.05, 4.69) is 5.32 Å². The van der Waals surface area contributed by atoms with E-state index in [0.717, 1.165) is 30.2 Å². The predicted molar refractivity (Wildman–Crippen MR) is 114 cm³/mol. The van der Waals surface area contributed by atoms with Gasteiger partial charge in [0, 0.05) is 17.7 Å². The molecule has 0 spiro atoms. The zero-order valence-corrected chi connectivity index (χ0v) is 16.5. The van der Waals surface area contributed by atoms with E-state index in [1.807, 2.05) is 42.5 Å². The lowest BCUT2D eigenvalue weighted by atomic mass is 10.1. The Balaban J connectivity index is 1.28. The number of anilines is 1. The number of hydrogen-bond donors (Lipinski definition) is 1. The molecule has 0 radical (unpaired) electrons. The highest BCUT2D eigenvalue weighted by Crippen LogP contribution is 2.23. The Kier molecular flexibility index (Phi) is 6.25. The molecular weight excluding hydrogens is 382 g/mol. The first kappa shape index (κ1) is 19.9. The Hall–Kier alpha value is -3.38. The summed E-state index contributed by atoms with van der Waals surface area (Å²) in [5.41, 5.74) is 1.04. The summed E-state index contributed by atoms with van der Waals surface area (Å²) in [6, 6.07) is 20.1. The van der Waals surface area contributed by atoms with Crippen LogP contribution in [0.15, 0.2) is 66.7 Å². The zero-order valence-electron chi connectivity index (χ0n) is 16.5. The molecule has 1 fully saturated rings. The van der Waals surface area contributed by atoms with Crippen molar-refractivity contribution in [2.75, 3.05) is 25.1 Å². The van der Waals surface area contributed by atoms with Crippen molar-refractivity contribution in [3.8, 4) is 5.75 Å². The minimum Gasteiger partial charge on any atom is -0.491 e. The summed E-state index contributed by atoms with van der Waals surface area (Å²) >= 11 is 0. The molecule has 0 aromatic heterocycles. The lowest BCUT2D eigenvalue weighted by Crippen LogP contribution is -2.21. The lowest BCUT2D eigenvalue weighted by molar-refractivity contribution is -0.119. The van der Waals surface area contributed by atoms with Crippen LogP contribution in [-0.2, 0) is 14.3 Å². The van der Waals surface area contributed by atoms with E-state index in [9.17, 15) is 9.59 Å². The van der Waals surface area contributed by atoms with Gasteiger partial charge >= 0.3 is 5.97 Å². The summed E-state index contributed by atoms with van der Waals surface area (Å²) in [4.78, 5) is 24.5. The molecule has 0 aliphatic carbocycles. The topological polar surface area (TPSA) is 73.9 Å². The molecule has 1 aliphatic heterocycles. The van der Waals surface area contributed by atoms with E-state index in [1.54, 1.807) is 24.3 Å².